The molecule has 0 saturated carbocycles. The largest absolute Gasteiger partial charge is 0.312 e. The van der Waals surface area contributed by atoms with Gasteiger partial charge in [0, 0.05) is 18.7 Å². The summed E-state index contributed by atoms with van der Waals surface area (Å²) in [6, 6.07) is 3.67. The number of nitrogens with one attached hydrogen (secondary N) is 1. The molecule has 1 aromatic carbocycles. The van der Waals surface area contributed by atoms with E-state index in [1.54, 1.807) is 0 Å². The van der Waals surface area contributed by atoms with E-state index in [1.165, 1.54) is 0 Å². The predicted octanol–water partition coefficient (Wildman–Crippen LogP) is 0.893. The third kappa shape index (κ3) is 1.86. The van der Waals surface area contributed by atoms with Gasteiger partial charge in [-0.15, -0.1) is 0 Å². The number of carbonyl (C=O) groups excluding carboxylic acids is 1. The Morgan fingerprint density at radius 2 is 1.83 bits per heavy atom. The second-order valence-electron chi connectivity index (χ2n) is 4.81. The first-order valence-electron chi connectivity index (χ1n) is 5.88. The highest BCUT2D eigenvalue weighted by molar-refractivity contribution is 7.92. The van der Waals surface area contributed by atoms with E-state index in [4.69, 9.17) is 0 Å². The maximum absolute atomic E-state index is 11.7. The highest BCUT2D eigenvalue weighted by Gasteiger charge is 2.31. The SMILES string of the molecule is CS(=O)(=O)Nc1cc2c3c(c1)CCN3C(=O)CC2. The Balaban J connectivity index is 2.07. The summed E-state index contributed by atoms with van der Waals surface area (Å²) in [6.07, 6.45) is 3.14. The van der Waals surface area contributed by atoms with Gasteiger partial charge in [-0.2, -0.15) is 0 Å². The van der Waals surface area contributed by atoms with Crippen LogP contribution in [0.3, 0.4) is 0 Å². The molecule has 96 valence electrons. The lowest BCUT2D eigenvalue weighted by Crippen LogP contribution is -2.32. The summed E-state index contributed by atoms with van der Waals surface area (Å²) in [5, 5.41) is 0. The van der Waals surface area contributed by atoms with Gasteiger partial charge in [0.25, 0.3) is 0 Å². The summed E-state index contributed by atoms with van der Waals surface area (Å²) in [5.74, 6) is 0.171. The van der Waals surface area contributed by atoms with Gasteiger partial charge in [-0.1, -0.05) is 0 Å². The molecule has 2 heterocycles. The van der Waals surface area contributed by atoms with E-state index >= 15 is 0 Å². The normalized spacial score (nSPS) is 17.8. The Morgan fingerprint density at radius 1 is 1.17 bits per heavy atom. The van der Waals surface area contributed by atoms with Crippen molar-refractivity contribution in [3.8, 4) is 0 Å². The third-order valence-corrected chi connectivity index (χ3v) is 3.96. The van der Waals surface area contributed by atoms with Crippen LogP contribution in [0, 0.1) is 0 Å². The molecule has 0 aromatic heterocycles. The predicted molar refractivity (Wildman–Crippen MR) is 69.3 cm³/mol. The Bertz CT molecular complexity index is 637. The number of benzene rings is 1. The lowest BCUT2D eigenvalue weighted by atomic mass is 9.99. The minimum Gasteiger partial charge on any atom is -0.312 e. The van der Waals surface area contributed by atoms with E-state index in [2.05, 4.69) is 4.72 Å². The summed E-state index contributed by atoms with van der Waals surface area (Å²) in [7, 11) is -3.26. The molecular weight excluding hydrogens is 252 g/mol. The van der Waals surface area contributed by atoms with Crippen molar-refractivity contribution < 1.29 is 13.2 Å². The summed E-state index contributed by atoms with van der Waals surface area (Å²) in [6.45, 7) is 0.712. The van der Waals surface area contributed by atoms with Crippen LogP contribution in [0.5, 0.6) is 0 Å². The zero-order chi connectivity index (χ0) is 12.9. The fourth-order valence-electron chi connectivity index (χ4n) is 2.73. The number of nitrogens with zero attached hydrogens (tertiary/aromatic N) is 1. The topological polar surface area (TPSA) is 66.5 Å². The van der Waals surface area contributed by atoms with Crippen molar-refractivity contribution in [3.63, 3.8) is 0 Å². The minimum atomic E-state index is -3.26. The average molecular weight is 266 g/mol. The number of aryl methyl sites for hydroxylation is 1. The molecule has 0 atom stereocenters. The first-order chi connectivity index (χ1) is 8.44. The van der Waals surface area contributed by atoms with Crippen molar-refractivity contribution in [2.75, 3.05) is 22.4 Å². The number of hydrogen-bond donors (Lipinski definition) is 1. The summed E-state index contributed by atoms with van der Waals surface area (Å²) in [5.41, 5.74) is 3.73. The molecule has 0 spiro atoms. The van der Waals surface area contributed by atoms with Crippen LogP contribution in [-0.2, 0) is 27.7 Å². The Labute approximate surface area is 106 Å². The molecule has 1 amide bonds. The van der Waals surface area contributed by atoms with E-state index in [0.717, 1.165) is 29.5 Å². The van der Waals surface area contributed by atoms with Crippen LogP contribution < -0.4 is 9.62 Å². The zero-order valence-corrected chi connectivity index (χ0v) is 10.9. The fraction of sp³-hybridized carbons (Fsp3) is 0.417. The van der Waals surface area contributed by atoms with E-state index in [1.807, 2.05) is 17.0 Å². The lowest BCUT2D eigenvalue weighted by molar-refractivity contribution is -0.118. The van der Waals surface area contributed by atoms with Crippen molar-refractivity contribution in [2.45, 2.75) is 19.3 Å². The molecule has 2 aliphatic rings. The van der Waals surface area contributed by atoms with Gasteiger partial charge in [0.15, 0.2) is 0 Å². The maximum Gasteiger partial charge on any atom is 0.229 e. The minimum absolute atomic E-state index is 0.171. The van der Waals surface area contributed by atoms with Crippen LogP contribution in [-0.4, -0.2) is 27.1 Å². The molecular formula is C12H14N2O3S. The van der Waals surface area contributed by atoms with Crippen molar-refractivity contribution >= 4 is 27.3 Å². The molecule has 0 radical (unpaired) electrons. The molecule has 1 N–H and O–H groups in total. The number of sulfonamides is 1. The van der Waals surface area contributed by atoms with Gasteiger partial charge < -0.3 is 4.90 Å². The molecule has 0 saturated heterocycles. The molecule has 0 unspecified atom stereocenters. The number of anilines is 2. The molecule has 0 aliphatic carbocycles. The maximum atomic E-state index is 11.7. The van der Waals surface area contributed by atoms with Gasteiger partial charge in [-0.25, -0.2) is 8.42 Å². The standard InChI is InChI=1S/C12H14N2O3S/c1-18(16,17)13-10-6-8-2-3-11(15)14-5-4-9(7-10)12(8)14/h6-7,13H,2-5H2,1H3. The van der Waals surface area contributed by atoms with Gasteiger partial charge in [-0.3, -0.25) is 9.52 Å². The van der Waals surface area contributed by atoms with E-state index < -0.39 is 10.0 Å². The number of rotatable bonds is 2. The van der Waals surface area contributed by atoms with E-state index in [9.17, 15) is 13.2 Å². The van der Waals surface area contributed by atoms with Gasteiger partial charge in [0.05, 0.1) is 11.9 Å². The molecule has 3 rings (SSSR count). The number of hydrogen-bond acceptors (Lipinski definition) is 3. The second-order valence-corrected chi connectivity index (χ2v) is 6.56. The molecule has 6 heteroatoms. The summed E-state index contributed by atoms with van der Waals surface area (Å²) >= 11 is 0. The van der Waals surface area contributed by atoms with Gasteiger partial charge >= 0.3 is 0 Å². The van der Waals surface area contributed by atoms with Crippen LogP contribution in [0.15, 0.2) is 12.1 Å². The van der Waals surface area contributed by atoms with Crippen molar-refractivity contribution in [2.24, 2.45) is 0 Å². The van der Waals surface area contributed by atoms with Crippen molar-refractivity contribution in [1.29, 1.82) is 0 Å². The van der Waals surface area contributed by atoms with E-state index in [-0.39, 0.29) is 5.91 Å². The second kappa shape index (κ2) is 3.71. The van der Waals surface area contributed by atoms with Crippen LogP contribution in [0.25, 0.3) is 0 Å². The first-order valence-corrected chi connectivity index (χ1v) is 7.77. The highest BCUT2D eigenvalue weighted by atomic mass is 32.2. The van der Waals surface area contributed by atoms with Gasteiger partial charge in [0.1, 0.15) is 0 Å². The quantitative estimate of drug-likeness (QED) is 0.864. The molecule has 0 bridgehead atoms. The summed E-state index contributed by atoms with van der Waals surface area (Å²) < 4.78 is 25.0. The molecule has 2 aliphatic heterocycles. The number of amides is 1. The molecule has 1 aromatic rings. The zero-order valence-electron chi connectivity index (χ0n) is 10.1. The monoisotopic (exact) mass is 266 g/mol. The van der Waals surface area contributed by atoms with Crippen molar-refractivity contribution in [1.82, 2.24) is 0 Å². The first kappa shape index (κ1) is 11.5. The smallest absolute Gasteiger partial charge is 0.229 e. The van der Waals surface area contributed by atoms with E-state index in [0.29, 0.717) is 25.1 Å². The fourth-order valence-corrected chi connectivity index (χ4v) is 3.28. The molecule has 5 nitrogen and oxygen atoms in total. The van der Waals surface area contributed by atoms with Crippen LogP contribution in [0.4, 0.5) is 11.4 Å². The van der Waals surface area contributed by atoms with Crippen LogP contribution >= 0.6 is 0 Å². The molecule has 0 fully saturated rings. The lowest BCUT2D eigenvalue weighted by Gasteiger charge is -2.25. The van der Waals surface area contributed by atoms with Crippen molar-refractivity contribution in [3.05, 3.63) is 23.3 Å². The number of carbonyl (C=O) groups is 1. The van der Waals surface area contributed by atoms with Gasteiger partial charge in [-0.05, 0) is 36.1 Å². The average Bonchev–Trinajstić information content (AvgIpc) is 2.66. The Hall–Kier alpha value is -1.56. The van der Waals surface area contributed by atoms with Crippen LogP contribution in [0.1, 0.15) is 17.5 Å². The third-order valence-electron chi connectivity index (χ3n) is 3.35. The molecule has 18 heavy (non-hydrogen) atoms. The highest BCUT2D eigenvalue weighted by Crippen LogP contribution is 2.38. The summed E-state index contributed by atoms with van der Waals surface area (Å²) in [4.78, 5) is 13.6. The van der Waals surface area contributed by atoms with Crippen LogP contribution in [0.2, 0.25) is 0 Å². The van der Waals surface area contributed by atoms with Gasteiger partial charge in [0.2, 0.25) is 15.9 Å². The Morgan fingerprint density at radius 3 is 2.50 bits per heavy atom. The Kier molecular flexibility index (Phi) is 2.38.